The predicted octanol–water partition coefficient (Wildman–Crippen LogP) is 2.73. The number of β-amino-alcohol motifs (C(OH)–C–C–N with tert-alkyl or cyclic N) is 1. The second kappa shape index (κ2) is 5.35. The number of benzene rings is 1. The maximum absolute atomic E-state index is 9.45. The number of aliphatic hydroxyl groups is 1. The molecule has 19 heavy (non-hydrogen) atoms. The first-order chi connectivity index (χ1) is 9.24. The number of aliphatic hydroxyl groups excluding tert-OH is 1. The fourth-order valence-corrected chi connectivity index (χ4v) is 3.23. The molecule has 2 N–H and O–H groups in total. The van der Waals surface area contributed by atoms with Crippen LogP contribution in [0.1, 0.15) is 31.2 Å². The van der Waals surface area contributed by atoms with E-state index < -0.39 is 0 Å². The van der Waals surface area contributed by atoms with Crippen LogP contribution in [0.5, 0.6) is 0 Å². The Labute approximate surface area is 114 Å². The van der Waals surface area contributed by atoms with E-state index >= 15 is 0 Å². The summed E-state index contributed by atoms with van der Waals surface area (Å²) >= 11 is 0. The van der Waals surface area contributed by atoms with Gasteiger partial charge in [0.15, 0.2) is 0 Å². The molecular weight excluding hydrogens is 236 g/mol. The monoisotopic (exact) mass is 258 g/mol. The number of H-pyrrole nitrogens is 1. The molecule has 1 fully saturated rings. The molecule has 0 unspecified atom stereocenters. The number of nitrogens with zero attached hydrogens (tertiary/aromatic N) is 1. The number of hydrogen-bond donors (Lipinski definition) is 2. The molecule has 0 aliphatic carbocycles. The van der Waals surface area contributed by atoms with Crippen molar-refractivity contribution in [2.75, 3.05) is 19.6 Å². The van der Waals surface area contributed by atoms with Crippen LogP contribution >= 0.6 is 0 Å². The molecule has 0 spiro atoms. The molecule has 1 aliphatic rings. The van der Waals surface area contributed by atoms with Gasteiger partial charge < -0.3 is 15.0 Å². The van der Waals surface area contributed by atoms with Crippen LogP contribution in [0.2, 0.25) is 0 Å². The molecule has 3 nitrogen and oxygen atoms in total. The van der Waals surface area contributed by atoms with Crippen LogP contribution in [-0.2, 0) is 0 Å². The van der Waals surface area contributed by atoms with Gasteiger partial charge >= 0.3 is 0 Å². The van der Waals surface area contributed by atoms with Gasteiger partial charge in [0.2, 0.25) is 0 Å². The average Bonchev–Trinajstić information content (AvgIpc) is 2.83. The topological polar surface area (TPSA) is 39.3 Å². The van der Waals surface area contributed by atoms with Crippen molar-refractivity contribution in [3.63, 3.8) is 0 Å². The molecule has 2 heterocycles. The fraction of sp³-hybridized carbons (Fsp3) is 0.500. The first-order valence-corrected chi connectivity index (χ1v) is 7.20. The highest BCUT2D eigenvalue weighted by atomic mass is 16.3. The van der Waals surface area contributed by atoms with Crippen molar-refractivity contribution in [3.05, 3.63) is 36.0 Å². The van der Waals surface area contributed by atoms with Crippen molar-refractivity contribution in [3.8, 4) is 0 Å². The molecule has 1 aliphatic heterocycles. The lowest BCUT2D eigenvalue weighted by Crippen LogP contribution is -2.37. The third kappa shape index (κ3) is 2.67. The molecule has 2 aromatic rings. The van der Waals surface area contributed by atoms with E-state index in [1.807, 2.05) is 6.92 Å². The van der Waals surface area contributed by atoms with Crippen molar-refractivity contribution >= 4 is 10.9 Å². The number of para-hydroxylation sites is 1. The summed E-state index contributed by atoms with van der Waals surface area (Å²) in [5, 5.41) is 10.8. The zero-order valence-electron chi connectivity index (χ0n) is 11.5. The summed E-state index contributed by atoms with van der Waals surface area (Å²) in [5.74, 6) is 0.654. The lowest BCUT2D eigenvalue weighted by Gasteiger charge is -2.32. The summed E-state index contributed by atoms with van der Waals surface area (Å²) in [6.07, 6.45) is 4.34. The van der Waals surface area contributed by atoms with E-state index in [2.05, 4.69) is 40.3 Å². The fourth-order valence-electron chi connectivity index (χ4n) is 3.23. The van der Waals surface area contributed by atoms with Gasteiger partial charge in [-0.05, 0) is 50.4 Å². The van der Waals surface area contributed by atoms with Gasteiger partial charge in [-0.1, -0.05) is 18.2 Å². The van der Waals surface area contributed by atoms with Crippen molar-refractivity contribution in [2.45, 2.75) is 31.8 Å². The van der Waals surface area contributed by atoms with Crippen LogP contribution in [0.15, 0.2) is 30.5 Å². The molecule has 1 aromatic carbocycles. The number of rotatable bonds is 3. The SMILES string of the molecule is C[C@@H](O)CN1CCC(c2c[nH]c3ccccc23)CC1. The van der Waals surface area contributed by atoms with Gasteiger partial charge in [0.1, 0.15) is 0 Å². The Morgan fingerprint density at radius 2 is 2.05 bits per heavy atom. The van der Waals surface area contributed by atoms with Gasteiger partial charge in [-0.25, -0.2) is 0 Å². The maximum Gasteiger partial charge on any atom is 0.0639 e. The van der Waals surface area contributed by atoms with E-state index in [0.717, 1.165) is 19.6 Å². The van der Waals surface area contributed by atoms with Crippen LogP contribution in [0.25, 0.3) is 10.9 Å². The highest BCUT2D eigenvalue weighted by Crippen LogP contribution is 2.32. The van der Waals surface area contributed by atoms with E-state index in [1.54, 1.807) is 0 Å². The quantitative estimate of drug-likeness (QED) is 0.888. The minimum Gasteiger partial charge on any atom is -0.392 e. The molecule has 0 radical (unpaired) electrons. The number of fused-ring (bicyclic) bond motifs is 1. The van der Waals surface area contributed by atoms with E-state index in [9.17, 15) is 5.11 Å². The van der Waals surface area contributed by atoms with Gasteiger partial charge in [0.25, 0.3) is 0 Å². The standard InChI is InChI=1S/C16H22N2O/c1-12(19)11-18-8-6-13(7-9-18)15-10-17-16-5-3-2-4-14(15)16/h2-5,10,12-13,17,19H,6-9,11H2,1H3/t12-/m1/s1. The van der Waals surface area contributed by atoms with E-state index in [1.165, 1.54) is 29.3 Å². The van der Waals surface area contributed by atoms with Gasteiger partial charge in [-0.3, -0.25) is 0 Å². The summed E-state index contributed by atoms with van der Waals surface area (Å²) in [4.78, 5) is 5.75. The summed E-state index contributed by atoms with van der Waals surface area (Å²) in [6.45, 7) is 4.86. The lowest BCUT2D eigenvalue weighted by molar-refractivity contribution is 0.109. The van der Waals surface area contributed by atoms with Gasteiger partial charge in [0, 0.05) is 23.6 Å². The van der Waals surface area contributed by atoms with Gasteiger partial charge in [-0.15, -0.1) is 0 Å². The summed E-state index contributed by atoms with van der Waals surface area (Å²) in [7, 11) is 0. The molecule has 3 rings (SSSR count). The van der Waals surface area contributed by atoms with E-state index in [-0.39, 0.29) is 6.10 Å². The second-order valence-electron chi connectivity index (χ2n) is 5.71. The second-order valence-corrected chi connectivity index (χ2v) is 5.71. The molecule has 0 saturated carbocycles. The smallest absolute Gasteiger partial charge is 0.0639 e. The van der Waals surface area contributed by atoms with Crippen LogP contribution in [0.4, 0.5) is 0 Å². The zero-order chi connectivity index (χ0) is 13.2. The largest absolute Gasteiger partial charge is 0.392 e. The van der Waals surface area contributed by atoms with E-state index in [4.69, 9.17) is 0 Å². The first-order valence-electron chi connectivity index (χ1n) is 7.20. The molecule has 0 bridgehead atoms. The number of piperidine rings is 1. The minimum atomic E-state index is -0.218. The number of aromatic nitrogens is 1. The molecule has 3 heteroatoms. The van der Waals surface area contributed by atoms with Crippen molar-refractivity contribution in [2.24, 2.45) is 0 Å². The number of hydrogen-bond acceptors (Lipinski definition) is 2. The van der Waals surface area contributed by atoms with Crippen molar-refractivity contribution < 1.29 is 5.11 Å². The number of likely N-dealkylation sites (tertiary alicyclic amines) is 1. The van der Waals surface area contributed by atoms with Crippen LogP contribution in [0.3, 0.4) is 0 Å². The molecule has 1 aromatic heterocycles. The molecule has 1 saturated heterocycles. The third-order valence-electron chi connectivity index (χ3n) is 4.17. The number of aromatic amines is 1. The normalized spacial score (nSPS) is 19.9. The highest BCUT2D eigenvalue weighted by Gasteiger charge is 2.23. The predicted molar refractivity (Wildman–Crippen MR) is 78.4 cm³/mol. The Balaban J connectivity index is 1.71. The minimum absolute atomic E-state index is 0.218. The Hall–Kier alpha value is -1.32. The lowest BCUT2D eigenvalue weighted by atomic mass is 9.89. The number of nitrogens with one attached hydrogen (secondary N) is 1. The van der Waals surface area contributed by atoms with Crippen molar-refractivity contribution in [1.29, 1.82) is 0 Å². The molecular formula is C16H22N2O. The van der Waals surface area contributed by atoms with Crippen LogP contribution < -0.4 is 0 Å². The van der Waals surface area contributed by atoms with Gasteiger partial charge in [-0.2, -0.15) is 0 Å². The summed E-state index contributed by atoms with van der Waals surface area (Å²) in [6, 6.07) is 8.54. The summed E-state index contributed by atoms with van der Waals surface area (Å²) < 4.78 is 0. The van der Waals surface area contributed by atoms with Crippen LogP contribution in [-0.4, -0.2) is 40.7 Å². The molecule has 1 atom stereocenters. The third-order valence-corrected chi connectivity index (χ3v) is 4.17. The Morgan fingerprint density at radius 1 is 1.32 bits per heavy atom. The zero-order valence-corrected chi connectivity index (χ0v) is 11.5. The van der Waals surface area contributed by atoms with Crippen molar-refractivity contribution in [1.82, 2.24) is 9.88 Å². The van der Waals surface area contributed by atoms with Gasteiger partial charge in [0.05, 0.1) is 6.10 Å². The first kappa shape index (κ1) is 12.7. The Morgan fingerprint density at radius 3 is 2.79 bits per heavy atom. The average molecular weight is 258 g/mol. The maximum atomic E-state index is 9.45. The summed E-state index contributed by atoms with van der Waals surface area (Å²) in [5.41, 5.74) is 2.70. The van der Waals surface area contributed by atoms with E-state index in [0.29, 0.717) is 5.92 Å². The molecule has 0 amide bonds. The highest BCUT2D eigenvalue weighted by molar-refractivity contribution is 5.83. The van der Waals surface area contributed by atoms with Crippen LogP contribution in [0, 0.1) is 0 Å². The molecule has 102 valence electrons. The Kier molecular flexibility index (Phi) is 3.58. The Bertz CT molecular complexity index is 538.